The number of aliphatic carboxylic acids is 1. The first-order valence-electron chi connectivity index (χ1n) is 7.84. The van der Waals surface area contributed by atoms with E-state index in [1.807, 2.05) is 0 Å². The molecule has 0 heterocycles. The third-order valence-corrected chi connectivity index (χ3v) is 2.78. The van der Waals surface area contributed by atoms with Gasteiger partial charge in [-0.3, -0.25) is 14.4 Å². The molecule has 0 atom stereocenters. The largest absolute Gasteiger partial charge is 0.481 e. The SMILES string of the molecule is COC(=O)CCOCCOCCOCCCNC(=O)CCC(=O)O. The molecule has 0 aromatic carbocycles. The zero-order valence-corrected chi connectivity index (χ0v) is 14.1. The van der Waals surface area contributed by atoms with Gasteiger partial charge in [-0.15, -0.1) is 0 Å². The van der Waals surface area contributed by atoms with E-state index >= 15 is 0 Å². The Hall–Kier alpha value is -1.71. The topological polar surface area (TPSA) is 120 Å². The van der Waals surface area contributed by atoms with Crippen molar-refractivity contribution in [3.8, 4) is 0 Å². The molecule has 0 saturated carbocycles. The highest BCUT2D eigenvalue weighted by molar-refractivity contribution is 5.80. The van der Waals surface area contributed by atoms with E-state index in [2.05, 4.69) is 10.1 Å². The number of methoxy groups -OCH3 is 1. The molecule has 0 aromatic heterocycles. The molecular weight excluding hydrogens is 322 g/mol. The lowest BCUT2D eigenvalue weighted by molar-refractivity contribution is -0.142. The summed E-state index contributed by atoms with van der Waals surface area (Å²) in [5.41, 5.74) is 0. The normalized spacial score (nSPS) is 10.4. The fraction of sp³-hybridized carbons (Fsp3) is 0.800. The van der Waals surface area contributed by atoms with Gasteiger partial charge in [-0.25, -0.2) is 0 Å². The summed E-state index contributed by atoms with van der Waals surface area (Å²) in [6, 6.07) is 0. The Morgan fingerprint density at radius 1 is 0.833 bits per heavy atom. The lowest BCUT2D eigenvalue weighted by Crippen LogP contribution is -2.25. The molecule has 0 aliphatic rings. The van der Waals surface area contributed by atoms with Gasteiger partial charge in [0, 0.05) is 19.6 Å². The Labute approximate surface area is 141 Å². The van der Waals surface area contributed by atoms with E-state index in [1.165, 1.54) is 7.11 Å². The lowest BCUT2D eigenvalue weighted by atomic mass is 10.3. The molecule has 24 heavy (non-hydrogen) atoms. The molecule has 9 nitrogen and oxygen atoms in total. The van der Waals surface area contributed by atoms with Crippen molar-refractivity contribution in [2.45, 2.75) is 25.7 Å². The van der Waals surface area contributed by atoms with Crippen LogP contribution in [0.1, 0.15) is 25.7 Å². The highest BCUT2D eigenvalue weighted by atomic mass is 16.5. The Morgan fingerprint density at radius 3 is 2.00 bits per heavy atom. The number of nitrogens with one attached hydrogen (secondary N) is 1. The first-order chi connectivity index (χ1) is 11.6. The summed E-state index contributed by atoms with van der Waals surface area (Å²) in [6.07, 6.45) is 0.708. The first kappa shape index (κ1) is 22.3. The number of amides is 1. The number of carboxylic acids is 1. The quantitative estimate of drug-likeness (QED) is 0.294. The monoisotopic (exact) mass is 349 g/mol. The minimum absolute atomic E-state index is 0.00820. The molecule has 0 bridgehead atoms. The van der Waals surface area contributed by atoms with Crippen LogP contribution in [0.25, 0.3) is 0 Å². The van der Waals surface area contributed by atoms with Crippen LogP contribution < -0.4 is 5.32 Å². The molecule has 0 radical (unpaired) electrons. The fourth-order valence-corrected chi connectivity index (χ4v) is 1.51. The van der Waals surface area contributed by atoms with E-state index in [0.29, 0.717) is 52.6 Å². The molecule has 0 fully saturated rings. The summed E-state index contributed by atoms with van der Waals surface area (Å²) in [5.74, 6) is -1.56. The van der Waals surface area contributed by atoms with Gasteiger partial charge in [-0.2, -0.15) is 0 Å². The predicted molar refractivity (Wildman–Crippen MR) is 83.6 cm³/mol. The summed E-state index contributed by atoms with van der Waals surface area (Å²) in [4.78, 5) is 32.3. The van der Waals surface area contributed by atoms with Crippen molar-refractivity contribution in [2.75, 3.05) is 53.3 Å². The van der Waals surface area contributed by atoms with Crippen molar-refractivity contribution >= 4 is 17.8 Å². The maximum absolute atomic E-state index is 11.2. The number of carboxylic acid groups (broad SMARTS) is 1. The summed E-state index contributed by atoms with van der Waals surface area (Å²) >= 11 is 0. The molecule has 0 unspecified atom stereocenters. The summed E-state index contributed by atoms with van der Waals surface area (Å²) < 4.78 is 20.2. The van der Waals surface area contributed by atoms with Gasteiger partial charge in [0.25, 0.3) is 0 Å². The van der Waals surface area contributed by atoms with E-state index in [0.717, 1.165) is 0 Å². The fourth-order valence-electron chi connectivity index (χ4n) is 1.51. The van der Waals surface area contributed by atoms with Crippen LogP contribution in [0.5, 0.6) is 0 Å². The van der Waals surface area contributed by atoms with Crippen molar-refractivity contribution in [1.82, 2.24) is 5.32 Å². The summed E-state index contributed by atoms with van der Waals surface area (Å²) in [6.45, 7) is 2.94. The number of hydrogen-bond acceptors (Lipinski definition) is 7. The molecule has 0 aromatic rings. The van der Waals surface area contributed by atoms with Crippen LogP contribution >= 0.6 is 0 Å². The van der Waals surface area contributed by atoms with E-state index in [9.17, 15) is 14.4 Å². The second kappa shape index (κ2) is 16.2. The van der Waals surface area contributed by atoms with Gasteiger partial charge in [0.15, 0.2) is 0 Å². The van der Waals surface area contributed by atoms with Crippen LogP contribution in [-0.4, -0.2) is 76.2 Å². The van der Waals surface area contributed by atoms with Gasteiger partial charge in [0.05, 0.1) is 53.0 Å². The molecule has 9 heteroatoms. The number of ether oxygens (including phenoxy) is 4. The van der Waals surface area contributed by atoms with Crippen LogP contribution in [0.2, 0.25) is 0 Å². The van der Waals surface area contributed by atoms with Crippen LogP contribution in [0.3, 0.4) is 0 Å². The first-order valence-corrected chi connectivity index (χ1v) is 7.84. The molecule has 0 aliphatic carbocycles. The minimum atomic E-state index is -0.984. The number of carbonyl (C=O) groups excluding carboxylic acids is 2. The van der Waals surface area contributed by atoms with Crippen molar-refractivity contribution in [2.24, 2.45) is 0 Å². The van der Waals surface area contributed by atoms with Gasteiger partial charge in [-0.05, 0) is 6.42 Å². The Kier molecular flexibility index (Phi) is 15.0. The van der Waals surface area contributed by atoms with Crippen molar-refractivity contribution in [3.63, 3.8) is 0 Å². The van der Waals surface area contributed by atoms with Crippen LogP contribution in [0, 0.1) is 0 Å². The number of hydrogen-bond donors (Lipinski definition) is 2. The van der Waals surface area contributed by atoms with Gasteiger partial charge in [0.1, 0.15) is 0 Å². The van der Waals surface area contributed by atoms with E-state index in [4.69, 9.17) is 19.3 Å². The maximum Gasteiger partial charge on any atom is 0.307 e. The van der Waals surface area contributed by atoms with Gasteiger partial charge in [0.2, 0.25) is 5.91 Å². The molecule has 140 valence electrons. The average Bonchev–Trinajstić information content (AvgIpc) is 2.56. The molecule has 2 N–H and O–H groups in total. The van der Waals surface area contributed by atoms with E-state index in [1.54, 1.807) is 0 Å². The van der Waals surface area contributed by atoms with Crippen molar-refractivity contribution in [3.05, 3.63) is 0 Å². The molecule has 0 spiro atoms. The average molecular weight is 349 g/mol. The molecule has 0 aliphatic heterocycles. The van der Waals surface area contributed by atoms with E-state index < -0.39 is 5.97 Å². The molecular formula is C15H27NO8. The third kappa shape index (κ3) is 16.7. The highest BCUT2D eigenvalue weighted by Gasteiger charge is 2.04. The molecule has 0 rings (SSSR count). The summed E-state index contributed by atoms with van der Waals surface area (Å²) in [5, 5.41) is 11.0. The zero-order valence-electron chi connectivity index (χ0n) is 14.1. The minimum Gasteiger partial charge on any atom is -0.481 e. The second-order valence-corrected chi connectivity index (χ2v) is 4.76. The van der Waals surface area contributed by atoms with Crippen molar-refractivity contribution < 1.29 is 38.4 Å². The summed E-state index contributed by atoms with van der Waals surface area (Å²) in [7, 11) is 1.33. The number of esters is 1. The number of carbonyl (C=O) groups is 3. The van der Waals surface area contributed by atoms with Gasteiger partial charge < -0.3 is 29.4 Å². The molecule has 1 amide bonds. The Balaban J connectivity index is 3.16. The lowest BCUT2D eigenvalue weighted by Gasteiger charge is -2.07. The standard InChI is InChI=1S/C15H27NO8/c1-21-15(20)5-8-23-10-12-24-11-9-22-7-2-6-16-13(17)3-4-14(18)19/h2-12H2,1H3,(H,16,17)(H,18,19). The number of rotatable bonds is 16. The Morgan fingerprint density at radius 2 is 1.42 bits per heavy atom. The second-order valence-electron chi connectivity index (χ2n) is 4.76. The predicted octanol–water partition coefficient (Wildman–Crippen LogP) is -0.0296. The third-order valence-electron chi connectivity index (χ3n) is 2.78. The van der Waals surface area contributed by atoms with Crippen LogP contribution in [-0.2, 0) is 33.3 Å². The highest BCUT2D eigenvalue weighted by Crippen LogP contribution is 1.90. The van der Waals surface area contributed by atoms with Crippen LogP contribution in [0.4, 0.5) is 0 Å². The zero-order chi connectivity index (χ0) is 18.0. The van der Waals surface area contributed by atoms with Gasteiger partial charge >= 0.3 is 11.9 Å². The van der Waals surface area contributed by atoms with E-state index in [-0.39, 0.29) is 31.1 Å². The Bertz CT molecular complexity index is 361. The van der Waals surface area contributed by atoms with Gasteiger partial charge in [-0.1, -0.05) is 0 Å². The maximum atomic E-state index is 11.2. The molecule has 0 saturated heterocycles. The van der Waals surface area contributed by atoms with Crippen molar-refractivity contribution in [1.29, 1.82) is 0 Å². The smallest absolute Gasteiger partial charge is 0.307 e. The van der Waals surface area contributed by atoms with Crippen LogP contribution in [0.15, 0.2) is 0 Å².